The number of fused-ring (bicyclic) bond motifs is 3. The third kappa shape index (κ3) is 0.806. The highest BCUT2D eigenvalue weighted by atomic mass is 16.1. The highest BCUT2D eigenvalue weighted by Crippen LogP contribution is 2.25. The molecule has 1 aliphatic heterocycles. The first-order chi connectivity index (χ1) is 6.86. The van der Waals surface area contributed by atoms with Crippen LogP contribution in [-0.4, -0.2) is 27.9 Å². The van der Waals surface area contributed by atoms with Crippen LogP contribution >= 0.6 is 0 Å². The van der Waals surface area contributed by atoms with Gasteiger partial charge in [-0.25, -0.2) is 15.0 Å². The van der Waals surface area contributed by atoms with Crippen LogP contribution in [0.1, 0.15) is 11.3 Å². The van der Waals surface area contributed by atoms with Crippen molar-refractivity contribution in [1.82, 2.24) is 9.97 Å². The lowest BCUT2D eigenvalue weighted by atomic mass is 10.1. The molecule has 0 atom stereocenters. The van der Waals surface area contributed by atoms with Crippen molar-refractivity contribution in [3.63, 3.8) is 0 Å². The Morgan fingerprint density at radius 2 is 2.21 bits per heavy atom. The SMILES string of the molecule is O=C1N=CN=C2C1=Cc1cncnc12. The van der Waals surface area contributed by atoms with E-state index < -0.39 is 0 Å². The highest BCUT2D eigenvalue weighted by Gasteiger charge is 2.28. The van der Waals surface area contributed by atoms with E-state index in [9.17, 15) is 4.79 Å². The maximum Gasteiger partial charge on any atom is 0.280 e. The van der Waals surface area contributed by atoms with Crippen LogP contribution in [0.5, 0.6) is 0 Å². The van der Waals surface area contributed by atoms with Crippen molar-refractivity contribution in [3.05, 3.63) is 29.4 Å². The molecule has 0 N–H and O–H groups in total. The molecule has 0 unspecified atom stereocenters. The molecule has 1 amide bonds. The Morgan fingerprint density at radius 3 is 3.14 bits per heavy atom. The van der Waals surface area contributed by atoms with Gasteiger partial charge in [0.15, 0.2) is 0 Å². The summed E-state index contributed by atoms with van der Waals surface area (Å²) in [6.45, 7) is 0. The zero-order chi connectivity index (χ0) is 9.54. The molecule has 2 aliphatic rings. The maximum atomic E-state index is 11.3. The fraction of sp³-hybridized carbons (Fsp3) is 0. The average molecular weight is 184 g/mol. The first kappa shape index (κ1) is 7.25. The highest BCUT2D eigenvalue weighted by molar-refractivity contribution is 6.37. The van der Waals surface area contributed by atoms with Gasteiger partial charge in [0.1, 0.15) is 24.1 Å². The van der Waals surface area contributed by atoms with Crippen LogP contribution in [0, 0.1) is 0 Å². The quantitative estimate of drug-likeness (QED) is 0.579. The van der Waals surface area contributed by atoms with E-state index in [0.717, 1.165) is 5.56 Å². The molecule has 0 bridgehead atoms. The number of rotatable bonds is 0. The number of amides is 1. The Morgan fingerprint density at radius 1 is 1.29 bits per heavy atom. The van der Waals surface area contributed by atoms with Gasteiger partial charge in [-0.15, -0.1) is 0 Å². The number of aliphatic imine (C=N–C) groups is 2. The second kappa shape index (κ2) is 2.41. The molecule has 14 heavy (non-hydrogen) atoms. The Balaban J connectivity index is 2.29. The summed E-state index contributed by atoms with van der Waals surface area (Å²) >= 11 is 0. The molecule has 0 fully saturated rings. The number of carbonyl (C=O) groups is 1. The van der Waals surface area contributed by atoms with Gasteiger partial charge >= 0.3 is 0 Å². The van der Waals surface area contributed by atoms with Crippen LogP contribution in [0.2, 0.25) is 0 Å². The summed E-state index contributed by atoms with van der Waals surface area (Å²) in [5.74, 6) is -0.270. The van der Waals surface area contributed by atoms with E-state index in [-0.39, 0.29) is 5.91 Å². The zero-order valence-corrected chi connectivity index (χ0v) is 7.01. The van der Waals surface area contributed by atoms with Gasteiger partial charge in [-0.2, -0.15) is 4.99 Å². The summed E-state index contributed by atoms with van der Waals surface area (Å²) in [7, 11) is 0. The molecule has 5 nitrogen and oxygen atoms in total. The standard InChI is InChI=1S/C9H4N4O/c14-9-6-1-5-2-10-3-11-7(5)8(6)12-4-13-9/h1-4H. The Hall–Kier alpha value is -2.17. The monoisotopic (exact) mass is 184 g/mol. The minimum absolute atomic E-state index is 0.270. The summed E-state index contributed by atoms with van der Waals surface area (Å²) < 4.78 is 0. The second-order valence-corrected chi connectivity index (χ2v) is 2.91. The number of nitrogens with zero attached hydrogens (tertiary/aromatic N) is 4. The number of aromatic nitrogens is 2. The van der Waals surface area contributed by atoms with E-state index in [0.29, 0.717) is 17.0 Å². The maximum absolute atomic E-state index is 11.3. The third-order valence-corrected chi connectivity index (χ3v) is 2.11. The lowest BCUT2D eigenvalue weighted by Crippen LogP contribution is -2.14. The fourth-order valence-corrected chi connectivity index (χ4v) is 1.50. The molecule has 0 aromatic carbocycles. The van der Waals surface area contributed by atoms with E-state index in [4.69, 9.17) is 0 Å². The van der Waals surface area contributed by atoms with Crippen molar-refractivity contribution < 1.29 is 4.79 Å². The minimum atomic E-state index is -0.270. The summed E-state index contributed by atoms with van der Waals surface area (Å²) in [6.07, 6.45) is 6.07. The van der Waals surface area contributed by atoms with Gasteiger partial charge in [-0.05, 0) is 6.08 Å². The van der Waals surface area contributed by atoms with E-state index in [2.05, 4.69) is 20.0 Å². The van der Waals surface area contributed by atoms with Crippen molar-refractivity contribution in [3.8, 4) is 0 Å². The summed E-state index contributed by atoms with van der Waals surface area (Å²) in [5, 5.41) is 0. The molecule has 5 heteroatoms. The second-order valence-electron chi connectivity index (χ2n) is 2.91. The molecule has 0 saturated heterocycles. The van der Waals surface area contributed by atoms with Crippen molar-refractivity contribution in [1.29, 1.82) is 0 Å². The van der Waals surface area contributed by atoms with E-state index in [1.807, 2.05) is 0 Å². The summed E-state index contributed by atoms with van der Waals surface area (Å²) in [4.78, 5) is 26.9. The van der Waals surface area contributed by atoms with Gasteiger partial charge < -0.3 is 0 Å². The molecule has 3 rings (SSSR count). The molecule has 66 valence electrons. The molecule has 1 aromatic rings. The predicted molar refractivity (Wildman–Crippen MR) is 50.0 cm³/mol. The van der Waals surface area contributed by atoms with Crippen LogP contribution in [0.3, 0.4) is 0 Å². The topological polar surface area (TPSA) is 67.6 Å². The molecule has 2 heterocycles. The van der Waals surface area contributed by atoms with Gasteiger partial charge in [0.25, 0.3) is 5.91 Å². The van der Waals surface area contributed by atoms with Gasteiger partial charge in [0.2, 0.25) is 0 Å². The van der Waals surface area contributed by atoms with E-state index >= 15 is 0 Å². The molecule has 0 radical (unpaired) electrons. The first-order valence-electron chi connectivity index (χ1n) is 4.03. The number of hydrogen-bond donors (Lipinski definition) is 0. The summed E-state index contributed by atoms with van der Waals surface area (Å²) in [6, 6.07) is 0. The average Bonchev–Trinajstić information content (AvgIpc) is 2.59. The molecular formula is C9H4N4O. The molecular weight excluding hydrogens is 180 g/mol. The van der Waals surface area contributed by atoms with E-state index in [1.54, 1.807) is 12.3 Å². The minimum Gasteiger partial charge on any atom is -0.267 e. The predicted octanol–water partition coefficient (Wildman–Crippen LogP) is 0.231. The molecule has 1 aliphatic carbocycles. The normalized spacial score (nSPS) is 17.3. The number of carbonyl (C=O) groups excluding carboxylic acids is 1. The van der Waals surface area contributed by atoms with Crippen LogP contribution < -0.4 is 0 Å². The van der Waals surface area contributed by atoms with Crippen LogP contribution in [0.4, 0.5) is 0 Å². The largest absolute Gasteiger partial charge is 0.280 e. The van der Waals surface area contributed by atoms with Crippen molar-refractivity contribution >= 4 is 24.0 Å². The molecule has 0 saturated carbocycles. The molecule has 1 aromatic heterocycles. The first-order valence-corrected chi connectivity index (χ1v) is 4.03. The smallest absolute Gasteiger partial charge is 0.267 e. The number of hydrogen-bond acceptors (Lipinski definition) is 4. The lowest BCUT2D eigenvalue weighted by Gasteiger charge is -2.03. The zero-order valence-electron chi connectivity index (χ0n) is 7.01. The third-order valence-electron chi connectivity index (χ3n) is 2.11. The Labute approximate surface area is 78.9 Å². The van der Waals surface area contributed by atoms with Gasteiger partial charge in [0, 0.05) is 11.8 Å². The van der Waals surface area contributed by atoms with E-state index in [1.165, 1.54) is 12.7 Å². The van der Waals surface area contributed by atoms with Crippen molar-refractivity contribution in [2.75, 3.05) is 0 Å². The Kier molecular flexibility index (Phi) is 1.25. The Bertz CT molecular complexity index is 527. The van der Waals surface area contributed by atoms with Crippen LogP contribution in [0.15, 0.2) is 28.1 Å². The summed E-state index contributed by atoms with van der Waals surface area (Å²) in [5.41, 5.74) is 2.63. The van der Waals surface area contributed by atoms with Crippen LogP contribution in [0.25, 0.3) is 6.08 Å². The van der Waals surface area contributed by atoms with Crippen molar-refractivity contribution in [2.24, 2.45) is 9.98 Å². The van der Waals surface area contributed by atoms with Gasteiger partial charge in [-0.1, -0.05) is 0 Å². The molecule has 0 spiro atoms. The van der Waals surface area contributed by atoms with Gasteiger partial charge in [-0.3, -0.25) is 4.79 Å². The van der Waals surface area contributed by atoms with Gasteiger partial charge in [0.05, 0.1) is 5.57 Å². The lowest BCUT2D eigenvalue weighted by molar-refractivity contribution is -0.113. The fourth-order valence-electron chi connectivity index (χ4n) is 1.50. The van der Waals surface area contributed by atoms with Crippen LogP contribution in [-0.2, 0) is 4.79 Å². The van der Waals surface area contributed by atoms with Crippen molar-refractivity contribution in [2.45, 2.75) is 0 Å².